The molecule has 1 aromatic rings. The van der Waals surface area contributed by atoms with E-state index in [1.807, 2.05) is 0 Å². The molecule has 0 saturated heterocycles. The van der Waals surface area contributed by atoms with Crippen molar-refractivity contribution < 1.29 is 0 Å². The topological polar surface area (TPSA) is 37.8 Å². The van der Waals surface area contributed by atoms with Gasteiger partial charge in [-0.25, -0.2) is 0 Å². The van der Waals surface area contributed by atoms with Crippen molar-refractivity contribution in [3.8, 4) is 0 Å². The van der Waals surface area contributed by atoms with E-state index < -0.39 is 0 Å². The first-order valence-corrected chi connectivity index (χ1v) is 5.22. The maximum absolute atomic E-state index is 4.21. The molecule has 1 heterocycles. The van der Waals surface area contributed by atoms with Crippen LogP contribution in [0.1, 0.15) is 32.9 Å². The zero-order chi connectivity index (χ0) is 10.4. The van der Waals surface area contributed by atoms with E-state index in [9.17, 15) is 0 Å². The second-order valence-corrected chi connectivity index (χ2v) is 3.75. The number of hydrogen-bond donors (Lipinski definition) is 1. The fourth-order valence-electron chi connectivity index (χ4n) is 1.24. The van der Waals surface area contributed by atoms with Crippen LogP contribution in [-0.4, -0.2) is 16.0 Å². The minimum absolute atomic E-state index is 0.530. The first kappa shape index (κ1) is 11.1. The van der Waals surface area contributed by atoms with Crippen LogP contribution in [0, 0.1) is 5.92 Å². The summed E-state index contributed by atoms with van der Waals surface area (Å²) < 4.78 is 0. The van der Waals surface area contributed by atoms with Crippen LogP contribution in [0.5, 0.6) is 0 Å². The Morgan fingerprint density at radius 3 is 2.71 bits per heavy atom. The van der Waals surface area contributed by atoms with Gasteiger partial charge >= 0.3 is 0 Å². The van der Waals surface area contributed by atoms with Crippen molar-refractivity contribution >= 4 is 0 Å². The fraction of sp³-hybridized carbons (Fsp3) is 0.636. The molecule has 0 radical (unpaired) electrons. The highest BCUT2D eigenvalue weighted by atomic mass is 14.9. The van der Waals surface area contributed by atoms with E-state index in [1.54, 1.807) is 18.6 Å². The van der Waals surface area contributed by atoms with Gasteiger partial charge in [-0.1, -0.05) is 20.3 Å². The number of aromatic nitrogens is 2. The Bertz CT molecular complexity index is 248. The van der Waals surface area contributed by atoms with Crippen LogP contribution in [-0.2, 0) is 6.54 Å². The molecule has 3 heteroatoms. The third kappa shape index (κ3) is 3.42. The largest absolute Gasteiger partial charge is 0.308 e. The molecule has 0 aromatic carbocycles. The maximum atomic E-state index is 4.21. The van der Waals surface area contributed by atoms with E-state index in [4.69, 9.17) is 0 Å². The summed E-state index contributed by atoms with van der Waals surface area (Å²) in [6.45, 7) is 7.49. The Labute approximate surface area is 86.0 Å². The number of rotatable bonds is 5. The number of nitrogens with zero attached hydrogens (tertiary/aromatic N) is 2. The second-order valence-electron chi connectivity index (χ2n) is 3.75. The summed E-state index contributed by atoms with van der Waals surface area (Å²) >= 11 is 0. The Hall–Kier alpha value is -0.960. The lowest BCUT2D eigenvalue weighted by molar-refractivity contribution is 0.387. The molecule has 1 aromatic heterocycles. The van der Waals surface area contributed by atoms with Crippen molar-refractivity contribution in [3.63, 3.8) is 0 Å². The van der Waals surface area contributed by atoms with Gasteiger partial charge in [-0.15, -0.1) is 0 Å². The molecule has 0 saturated carbocycles. The van der Waals surface area contributed by atoms with E-state index in [1.165, 1.54) is 6.42 Å². The van der Waals surface area contributed by atoms with Crippen LogP contribution < -0.4 is 5.32 Å². The SMILES string of the molecule is CCC(C)C(C)NCc1cnccn1. The van der Waals surface area contributed by atoms with Crippen molar-refractivity contribution in [1.29, 1.82) is 0 Å². The summed E-state index contributed by atoms with van der Waals surface area (Å²) in [4.78, 5) is 8.24. The third-order valence-corrected chi connectivity index (χ3v) is 2.72. The van der Waals surface area contributed by atoms with Gasteiger partial charge in [0.2, 0.25) is 0 Å². The Balaban J connectivity index is 2.34. The van der Waals surface area contributed by atoms with Crippen molar-refractivity contribution in [1.82, 2.24) is 15.3 Å². The highest BCUT2D eigenvalue weighted by Crippen LogP contribution is 2.06. The van der Waals surface area contributed by atoms with E-state index in [2.05, 4.69) is 36.1 Å². The monoisotopic (exact) mass is 193 g/mol. The zero-order valence-electron chi connectivity index (χ0n) is 9.20. The highest BCUT2D eigenvalue weighted by Gasteiger charge is 2.08. The molecule has 2 atom stereocenters. The van der Waals surface area contributed by atoms with Crippen LogP contribution in [0.25, 0.3) is 0 Å². The summed E-state index contributed by atoms with van der Waals surface area (Å²) in [6.07, 6.45) is 6.43. The molecule has 0 spiro atoms. The minimum Gasteiger partial charge on any atom is -0.308 e. The van der Waals surface area contributed by atoms with Gasteiger partial charge in [0.05, 0.1) is 5.69 Å². The van der Waals surface area contributed by atoms with Gasteiger partial charge in [0, 0.05) is 31.2 Å². The molecule has 3 nitrogen and oxygen atoms in total. The van der Waals surface area contributed by atoms with E-state index in [0.29, 0.717) is 12.0 Å². The normalized spacial score (nSPS) is 15.1. The third-order valence-electron chi connectivity index (χ3n) is 2.72. The van der Waals surface area contributed by atoms with Crippen LogP contribution in [0.4, 0.5) is 0 Å². The van der Waals surface area contributed by atoms with Gasteiger partial charge in [0.25, 0.3) is 0 Å². The van der Waals surface area contributed by atoms with Crippen LogP contribution >= 0.6 is 0 Å². The molecule has 0 amide bonds. The van der Waals surface area contributed by atoms with Gasteiger partial charge in [0.15, 0.2) is 0 Å². The molecule has 0 aliphatic rings. The molecular formula is C11H19N3. The number of hydrogen-bond acceptors (Lipinski definition) is 3. The molecule has 1 rings (SSSR count). The highest BCUT2D eigenvalue weighted by molar-refractivity contribution is 4.94. The zero-order valence-corrected chi connectivity index (χ0v) is 9.20. The van der Waals surface area contributed by atoms with Crippen molar-refractivity contribution in [2.75, 3.05) is 0 Å². The summed E-state index contributed by atoms with van der Waals surface area (Å²) in [7, 11) is 0. The van der Waals surface area contributed by atoms with Crippen molar-refractivity contribution in [3.05, 3.63) is 24.3 Å². The Kier molecular flexibility index (Phi) is 4.53. The van der Waals surface area contributed by atoms with Crippen LogP contribution in [0.3, 0.4) is 0 Å². The van der Waals surface area contributed by atoms with Crippen LogP contribution in [0.2, 0.25) is 0 Å². The summed E-state index contributed by atoms with van der Waals surface area (Å²) in [5.74, 6) is 0.701. The van der Waals surface area contributed by atoms with E-state index in [0.717, 1.165) is 12.2 Å². The molecule has 0 fully saturated rings. The first-order chi connectivity index (χ1) is 6.74. The molecule has 2 unspecified atom stereocenters. The van der Waals surface area contributed by atoms with Crippen LogP contribution in [0.15, 0.2) is 18.6 Å². The lowest BCUT2D eigenvalue weighted by atomic mass is 10.0. The molecule has 0 bridgehead atoms. The van der Waals surface area contributed by atoms with Crippen molar-refractivity contribution in [2.45, 2.75) is 39.8 Å². The van der Waals surface area contributed by atoms with Gasteiger partial charge in [0.1, 0.15) is 0 Å². The predicted molar refractivity (Wildman–Crippen MR) is 57.8 cm³/mol. The molecule has 14 heavy (non-hydrogen) atoms. The standard InChI is InChI=1S/C11H19N3/c1-4-9(2)10(3)14-8-11-7-12-5-6-13-11/h5-7,9-10,14H,4,8H2,1-3H3. The Morgan fingerprint density at radius 1 is 1.36 bits per heavy atom. The molecular weight excluding hydrogens is 174 g/mol. The average Bonchev–Trinajstić information content (AvgIpc) is 2.26. The average molecular weight is 193 g/mol. The van der Waals surface area contributed by atoms with Gasteiger partial charge < -0.3 is 5.32 Å². The second kappa shape index (κ2) is 5.70. The summed E-state index contributed by atoms with van der Waals surface area (Å²) in [6, 6.07) is 0.530. The first-order valence-electron chi connectivity index (χ1n) is 5.22. The molecule has 1 N–H and O–H groups in total. The predicted octanol–water partition coefficient (Wildman–Crippen LogP) is 2.00. The Morgan fingerprint density at radius 2 is 2.14 bits per heavy atom. The smallest absolute Gasteiger partial charge is 0.0724 e. The maximum Gasteiger partial charge on any atom is 0.0724 e. The quantitative estimate of drug-likeness (QED) is 0.777. The summed E-state index contributed by atoms with van der Waals surface area (Å²) in [5.41, 5.74) is 1.00. The molecule has 78 valence electrons. The van der Waals surface area contributed by atoms with Crippen molar-refractivity contribution in [2.24, 2.45) is 5.92 Å². The fourth-order valence-corrected chi connectivity index (χ4v) is 1.24. The van der Waals surface area contributed by atoms with Gasteiger partial charge in [-0.05, 0) is 12.8 Å². The molecule has 0 aliphatic heterocycles. The molecule has 0 aliphatic carbocycles. The lowest BCUT2D eigenvalue weighted by Crippen LogP contribution is -2.31. The van der Waals surface area contributed by atoms with E-state index >= 15 is 0 Å². The van der Waals surface area contributed by atoms with E-state index in [-0.39, 0.29) is 0 Å². The van der Waals surface area contributed by atoms with Gasteiger partial charge in [-0.3, -0.25) is 9.97 Å². The minimum atomic E-state index is 0.530. The summed E-state index contributed by atoms with van der Waals surface area (Å²) in [5, 5.41) is 3.45. The number of nitrogens with one attached hydrogen (secondary N) is 1. The lowest BCUT2D eigenvalue weighted by Gasteiger charge is -2.19. The van der Waals surface area contributed by atoms with Gasteiger partial charge in [-0.2, -0.15) is 0 Å².